The van der Waals surface area contributed by atoms with Crippen molar-refractivity contribution in [3.05, 3.63) is 43.8 Å². The second-order valence-electron chi connectivity index (χ2n) is 9.89. The number of aromatic nitrogens is 1. The minimum Gasteiger partial charge on any atom is -0.360 e. The predicted molar refractivity (Wildman–Crippen MR) is 151 cm³/mol. The van der Waals surface area contributed by atoms with Gasteiger partial charge in [0, 0.05) is 30.7 Å². The van der Waals surface area contributed by atoms with Gasteiger partial charge in [-0.15, -0.1) is 11.3 Å². The van der Waals surface area contributed by atoms with Crippen molar-refractivity contribution in [1.29, 1.82) is 10.5 Å². The lowest BCUT2D eigenvalue weighted by molar-refractivity contribution is -0.118. The predicted octanol–water partition coefficient (Wildman–Crippen LogP) is 1.54. The molecule has 2 aliphatic rings. The van der Waals surface area contributed by atoms with Crippen molar-refractivity contribution in [1.82, 2.24) is 14.8 Å². The maximum Gasteiger partial charge on any atom is 0.270 e. The first-order chi connectivity index (χ1) is 18.9. The van der Waals surface area contributed by atoms with E-state index in [2.05, 4.69) is 20.9 Å². The Morgan fingerprint density at radius 2 is 1.92 bits per heavy atom. The number of nitrogens with one attached hydrogen (secondary N) is 3. The van der Waals surface area contributed by atoms with Crippen LogP contribution < -0.4 is 30.7 Å². The average Bonchev–Trinajstić information content (AvgIpc) is 3.25. The van der Waals surface area contributed by atoms with E-state index in [0.717, 1.165) is 30.3 Å². The van der Waals surface area contributed by atoms with Crippen LogP contribution in [-0.2, 0) is 16.1 Å². The summed E-state index contributed by atoms with van der Waals surface area (Å²) < 4.78 is 1.90. The highest BCUT2D eigenvalue weighted by Gasteiger charge is 2.31. The van der Waals surface area contributed by atoms with Crippen LogP contribution in [0, 0.1) is 34.5 Å². The Hall–Kier alpha value is -3.93. The molecule has 204 valence electrons. The van der Waals surface area contributed by atoms with Gasteiger partial charge in [0.25, 0.3) is 11.5 Å². The number of rotatable bonds is 8. The lowest BCUT2D eigenvalue weighted by Crippen LogP contribution is -2.44. The van der Waals surface area contributed by atoms with E-state index in [1.807, 2.05) is 24.3 Å². The monoisotopic (exact) mass is 547 g/mol. The van der Waals surface area contributed by atoms with Crippen LogP contribution >= 0.6 is 11.3 Å². The zero-order valence-corrected chi connectivity index (χ0v) is 22.9. The lowest BCUT2D eigenvalue weighted by Gasteiger charge is -2.41. The van der Waals surface area contributed by atoms with Crippen LogP contribution in [0.25, 0.3) is 11.8 Å². The number of piperidine rings is 1. The number of hydrogen-bond acceptors (Lipinski definition) is 8. The van der Waals surface area contributed by atoms with E-state index >= 15 is 0 Å². The quantitative estimate of drug-likeness (QED) is 0.426. The van der Waals surface area contributed by atoms with Crippen LogP contribution in [0.15, 0.2) is 29.1 Å². The molecule has 0 spiro atoms. The SMILES string of the molecule is CCn1c(=O)/c(=C\Nc2cccc(NC(=O)CN3CC[C@H]4CCCC[C@@H]4C3)c2)s/c1=C(/C#N)C(=O)NCC#N. The van der Waals surface area contributed by atoms with Crippen LogP contribution in [-0.4, -0.2) is 47.5 Å². The zero-order valence-electron chi connectivity index (χ0n) is 22.0. The van der Waals surface area contributed by atoms with Crippen LogP contribution in [0.1, 0.15) is 39.0 Å². The van der Waals surface area contributed by atoms with Crippen molar-refractivity contribution in [3.63, 3.8) is 0 Å². The molecule has 1 saturated heterocycles. The number of thiazole rings is 1. The Bertz CT molecular complexity index is 1480. The molecule has 2 fully saturated rings. The third-order valence-electron chi connectivity index (χ3n) is 7.36. The van der Waals surface area contributed by atoms with Crippen LogP contribution in [0.2, 0.25) is 0 Å². The summed E-state index contributed by atoms with van der Waals surface area (Å²) in [7, 11) is 0. The molecule has 4 rings (SSSR count). The van der Waals surface area contributed by atoms with Gasteiger partial charge in [-0.2, -0.15) is 10.5 Å². The molecule has 11 heteroatoms. The smallest absolute Gasteiger partial charge is 0.270 e. The molecule has 2 atom stereocenters. The maximum atomic E-state index is 12.9. The van der Waals surface area contributed by atoms with Gasteiger partial charge in [0.1, 0.15) is 21.8 Å². The minimum absolute atomic E-state index is 0.0478. The third kappa shape index (κ3) is 6.94. The zero-order chi connectivity index (χ0) is 27.8. The van der Waals surface area contributed by atoms with Crippen LogP contribution in [0.5, 0.6) is 0 Å². The summed E-state index contributed by atoms with van der Waals surface area (Å²) in [5.41, 5.74) is 0.769. The van der Waals surface area contributed by atoms with Gasteiger partial charge in [-0.1, -0.05) is 25.3 Å². The first-order valence-corrected chi connectivity index (χ1v) is 14.1. The molecule has 2 aromatic rings. The van der Waals surface area contributed by atoms with E-state index in [1.165, 1.54) is 42.9 Å². The lowest BCUT2D eigenvalue weighted by atomic mass is 9.75. The molecule has 1 aliphatic carbocycles. The molecule has 1 aliphatic heterocycles. The Kier molecular flexibility index (Phi) is 9.53. The minimum atomic E-state index is -0.700. The number of carbonyl (C=O) groups is 2. The van der Waals surface area contributed by atoms with E-state index < -0.39 is 5.91 Å². The number of nitriles is 2. The molecule has 3 N–H and O–H groups in total. The number of nitrogens with zero attached hydrogens (tertiary/aromatic N) is 4. The van der Waals surface area contributed by atoms with E-state index in [-0.39, 0.29) is 34.8 Å². The largest absolute Gasteiger partial charge is 0.360 e. The number of hydrogen-bond donors (Lipinski definition) is 3. The average molecular weight is 548 g/mol. The summed E-state index contributed by atoms with van der Waals surface area (Å²) in [5, 5.41) is 26.6. The molecule has 2 amide bonds. The molecule has 0 bridgehead atoms. The molecule has 0 radical (unpaired) electrons. The Labute approximate surface area is 231 Å². The summed E-state index contributed by atoms with van der Waals surface area (Å²) in [6.45, 7) is 4.13. The second-order valence-corrected chi connectivity index (χ2v) is 10.9. The summed E-state index contributed by atoms with van der Waals surface area (Å²) in [4.78, 5) is 40.3. The van der Waals surface area contributed by atoms with Crippen molar-refractivity contribution in [2.24, 2.45) is 11.8 Å². The first kappa shape index (κ1) is 28.1. The first-order valence-electron chi connectivity index (χ1n) is 13.3. The number of amides is 2. The molecular formula is C28H33N7O3S. The van der Waals surface area contributed by atoms with Gasteiger partial charge < -0.3 is 16.0 Å². The number of likely N-dealkylation sites (tertiary alicyclic amines) is 1. The Balaban J connectivity index is 1.45. The number of fused-ring (bicyclic) bond motifs is 1. The number of benzene rings is 1. The van der Waals surface area contributed by atoms with Gasteiger partial charge in [-0.25, -0.2) is 0 Å². The van der Waals surface area contributed by atoms with E-state index in [9.17, 15) is 19.6 Å². The van der Waals surface area contributed by atoms with Gasteiger partial charge in [0.15, 0.2) is 5.57 Å². The topological polar surface area (TPSA) is 143 Å². The Morgan fingerprint density at radius 3 is 2.67 bits per heavy atom. The van der Waals surface area contributed by atoms with Gasteiger partial charge >= 0.3 is 0 Å². The van der Waals surface area contributed by atoms with Gasteiger partial charge in [0.05, 0.1) is 12.6 Å². The Morgan fingerprint density at radius 1 is 1.15 bits per heavy atom. The van der Waals surface area contributed by atoms with E-state index in [1.54, 1.807) is 19.1 Å². The molecule has 1 aromatic carbocycles. The van der Waals surface area contributed by atoms with Crippen molar-refractivity contribution in [3.8, 4) is 12.1 Å². The molecule has 10 nitrogen and oxygen atoms in total. The van der Waals surface area contributed by atoms with Crippen molar-refractivity contribution >= 4 is 46.3 Å². The normalized spacial score (nSPS) is 20.2. The molecule has 1 saturated carbocycles. The fraction of sp³-hybridized carbons (Fsp3) is 0.464. The summed E-state index contributed by atoms with van der Waals surface area (Å²) in [5.74, 6) is 0.789. The molecule has 0 unspecified atom stereocenters. The van der Waals surface area contributed by atoms with Crippen LogP contribution in [0.3, 0.4) is 0 Å². The molecule has 39 heavy (non-hydrogen) atoms. The third-order valence-corrected chi connectivity index (χ3v) is 8.49. The van der Waals surface area contributed by atoms with Crippen molar-refractivity contribution < 1.29 is 9.59 Å². The van der Waals surface area contributed by atoms with E-state index in [0.29, 0.717) is 28.4 Å². The van der Waals surface area contributed by atoms with Gasteiger partial charge in [0.2, 0.25) is 5.91 Å². The summed E-state index contributed by atoms with van der Waals surface area (Å²) in [6, 6.07) is 10.9. The summed E-state index contributed by atoms with van der Waals surface area (Å²) >= 11 is 1.02. The number of anilines is 2. The fourth-order valence-corrected chi connectivity index (χ4v) is 6.54. The number of carbonyl (C=O) groups excluding carboxylic acids is 2. The summed E-state index contributed by atoms with van der Waals surface area (Å²) in [6.07, 6.45) is 7.94. The van der Waals surface area contributed by atoms with Crippen LogP contribution in [0.4, 0.5) is 11.4 Å². The van der Waals surface area contributed by atoms with Gasteiger partial charge in [-0.05, 0) is 56.3 Å². The van der Waals surface area contributed by atoms with Crippen molar-refractivity contribution in [2.45, 2.75) is 45.6 Å². The van der Waals surface area contributed by atoms with Gasteiger partial charge in [-0.3, -0.25) is 23.9 Å². The highest BCUT2D eigenvalue weighted by molar-refractivity contribution is 7.07. The second kappa shape index (κ2) is 13.2. The molecular weight excluding hydrogens is 514 g/mol. The highest BCUT2D eigenvalue weighted by atomic mass is 32.1. The maximum absolute atomic E-state index is 12.9. The molecule has 1 aromatic heterocycles. The highest BCUT2D eigenvalue weighted by Crippen LogP contribution is 2.35. The van der Waals surface area contributed by atoms with Crippen molar-refractivity contribution in [2.75, 3.05) is 36.8 Å². The fourth-order valence-electron chi connectivity index (χ4n) is 5.46. The standard InChI is InChI=1S/C28H33N7O3S/c1-2-35-27(38)24(39-28(35)23(15-30)26(37)31-12-11-29)16-32-21-8-5-9-22(14-21)33-25(36)18-34-13-10-19-6-3-4-7-20(19)17-34/h5,8-9,14,16,19-20,32H,2-4,6-7,10,12-13,17-18H2,1H3,(H,31,37)(H,33,36)/b24-16+,28-23-/t19-,20-/m1/s1. The van der Waals surface area contributed by atoms with E-state index in [4.69, 9.17) is 5.26 Å². The molecule has 2 heterocycles.